The summed E-state index contributed by atoms with van der Waals surface area (Å²) in [4.78, 5) is 31.8. The lowest BCUT2D eigenvalue weighted by molar-refractivity contribution is -0.203. The van der Waals surface area contributed by atoms with Crippen molar-refractivity contribution in [3.05, 3.63) is 45.5 Å². The molecule has 11 nitrogen and oxygen atoms in total. The lowest BCUT2D eigenvalue weighted by Crippen LogP contribution is -2.61. The number of benzene rings is 2. The molecule has 5 rings (SSSR count). The Bertz CT molecular complexity index is 2090. The Labute approximate surface area is 361 Å². The van der Waals surface area contributed by atoms with Crippen LogP contribution in [0.1, 0.15) is 147 Å². The van der Waals surface area contributed by atoms with Crippen LogP contribution < -0.4 is 19.1 Å². The smallest absolute Gasteiger partial charge is 0.274 e. The van der Waals surface area contributed by atoms with Gasteiger partial charge in [0.1, 0.15) is 16.4 Å². The van der Waals surface area contributed by atoms with Crippen LogP contribution in [0.15, 0.2) is 17.0 Å². The minimum Gasteiger partial charge on any atom is -0.495 e. The van der Waals surface area contributed by atoms with Crippen LogP contribution in [0.5, 0.6) is 11.5 Å². The SMILES string of the molecule is CCC(C)(CC)NC(=O)c1cc(OC)c(S(=O)(=O)N2C(=O)[C@@]3(CC[C@](C)(OC(C)(C)CN4CCOCC4(C)C)C(C)C3C)c3c2cc(C)c(OCC(C)C)c3C)c(C)c1C. The molecule has 60 heavy (non-hydrogen) atoms. The molecular formula is C48H75N3O8S. The molecule has 1 aliphatic carbocycles. The van der Waals surface area contributed by atoms with Crippen LogP contribution in [0.4, 0.5) is 5.69 Å². The zero-order valence-electron chi connectivity index (χ0n) is 39.8. The van der Waals surface area contributed by atoms with E-state index in [9.17, 15) is 4.79 Å². The number of rotatable bonds is 14. The van der Waals surface area contributed by atoms with Crippen molar-refractivity contribution >= 4 is 27.5 Å². The number of aryl methyl sites for hydroxylation is 1. The average Bonchev–Trinajstić information content (AvgIpc) is 3.41. The quantitative estimate of drug-likeness (QED) is 0.198. The van der Waals surface area contributed by atoms with Crippen molar-refractivity contribution in [1.82, 2.24) is 10.2 Å². The van der Waals surface area contributed by atoms with Gasteiger partial charge >= 0.3 is 0 Å². The fourth-order valence-electron chi connectivity index (χ4n) is 10.2. The predicted molar refractivity (Wildman–Crippen MR) is 239 cm³/mol. The summed E-state index contributed by atoms with van der Waals surface area (Å²) in [5.41, 5.74) is 0.825. The molecule has 336 valence electrons. The van der Waals surface area contributed by atoms with Gasteiger partial charge < -0.3 is 24.3 Å². The topological polar surface area (TPSA) is 124 Å². The minimum atomic E-state index is -4.62. The molecule has 1 saturated carbocycles. The van der Waals surface area contributed by atoms with Crippen molar-refractivity contribution in [3.8, 4) is 11.5 Å². The molecule has 1 spiro atoms. The van der Waals surface area contributed by atoms with Gasteiger partial charge in [-0.25, -0.2) is 12.7 Å². The third-order valence-corrected chi connectivity index (χ3v) is 16.5. The van der Waals surface area contributed by atoms with Gasteiger partial charge in [-0.2, -0.15) is 0 Å². The van der Waals surface area contributed by atoms with Gasteiger partial charge in [0.15, 0.2) is 0 Å². The Kier molecular flexibility index (Phi) is 13.4. The maximum atomic E-state index is 15.7. The highest BCUT2D eigenvalue weighted by atomic mass is 32.2. The van der Waals surface area contributed by atoms with Gasteiger partial charge in [0.05, 0.1) is 49.2 Å². The maximum absolute atomic E-state index is 15.7. The highest BCUT2D eigenvalue weighted by Crippen LogP contribution is 2.61. The fraction of sp³-hybridized carbons (Fsp3) is 0.708. The third-order valence-electron chi connectivity index (χ3n) is 14.6. The summed E-state index contributed by atoms with van der Waals surface area (Å²) >= 11 is 0. The number of amides is 2. The van der Waals surface area contributed by atoms with E-state index in [2.05, 4.69) is 72.5 Å². The molecule has 2 aromatic carbocycles. The Balaban J connectivity index is 1.64. The molecule has 12 heteroatoms. The Morgan fingerprint density at radius 2 is 1.62 bits per heavy atom. The third kappa shape index (κ3) is 8.24. The number of ether oxygens (including phenoxy) is 4. The zero-order valence-corrected chi connectivity index (χ0v) is 40.6. The van der Waals surface area contributed by atoms with Crippen molar-refractivity contribution in [1.29, 1.82) is 0 Å². The second-order valence-corrected chi connectivity index (χ2v) is 22.0. The summed E-state index contributed by atoms with van der Waals surface area (Å²) < 4.78 is 57.4. The van der Waals surface area contributed by atoms with E-state index in [1.54, 1.807) is 13.8 Å². The van der Waals surface area contributed by atoms with Crippen molar-refractivity contribution in [3.63, 3.8) is 0 Å². The van der Waals surface area contributed by atoms with Crippen molar-refractivity contribution in [2.45, 2.75) is 169 Å². The number of nitrogens with zero attached hydrogens (tertiary/aromatic N) is 2. The Morgan fingerprint density at radius 3 is 2.18 bits per heavy atom. The molecule has 0 aromatic heterocycles. The van der Waals surface area contributed by atoms with Crippen molar-refractivity contribution < 1.29 is 37.0 Å². The summed E-state index contributed by atoms with van der Waals surface area (Å²) in [6.45, 7) is 35.9. The number of hydrogen-bond acceptors (Lipinski definition) is 9. The van der Waals surface area contributed by atoms with E-state index in [0.717, 1.165) is 34.8 Å². The second kappa shape index (κ2) is 16.8. The van der Waals surface area contributed by atoms with Gasteiger partial charge in [-0.15, -0.1) is 0 Å². The van der Waals surface area contributed by atoms with E-state index >= 15 is 13.2 Å². The normalized spacial score (nSPS) is 24.9. The number of morpholine rings is 1. The van der Waals surface area contributed by atoms with Crippen LogP contribution >= 0.6 is 0 Å². The van der Waals surface area contributed by atoms with E-state index in [0.29, 0.717) is 72.9 Å². The highest BCUT2D eigenvalue weighted by molar-refractivity contribution is 7.93. The number of methoxy groups -OCH3 is 1. The Hall–Kier alpha value is -3.19. The average molecular weight is 854 g/mol. The van der Waals surface area contributed by atoms with Crippen molar-refractivity contribution in [2.24, 2.45) is 17.8 Å². The van der Waals surface area contributed by atoms with Gasteiger partial charge in [0.25, 0.3) is 21.8 Å². The second-order valence-electron chi connectivity index (χ2n) is 20.3. The zero-order chi connectivity index (χ0) is 45.1. The van der Waals surface area contributed by atoms with E-state index in [4.69, 9.17) is 18.9 Å². The molecule has 2 aliphatic heterocycles. The van der Waals surface area contributed by atoms with Gasteiger partial charge in [-0.05, 0) is 153 Å². The van der Waals surface area contributed by atoms with Crippen LogP contribution in [-0.4, -0.2) is 87.4 Å². The molecule has 2 amide bonds. The molecule has 2 aromatic rings. The summed E-state index contributed by atoms with van der Waals surface area (Å²) in [5, 5.41) is 3.15. The molecule has 2 heterocycles. The first kappa shape index (κ1) is 47.9. The van der Waals surface area contributed by atoms with Crippen LogP contribution in [0, 0.1) is 45.4 Å². The highest BCUT2D eigenvalue weighted by Gasteiger charge is 2.64. The van der Waals surface area contributed by atoms with Crippen LogP contribution in [0.3, 0.4) is 0 Å². The van der Waals surface area contributed by atoms with Gasteiger partial charge in [-0.3, -0.25) is 14.5 Å². The van der Waals surface area contributed by atoms with E-state index < -0.39 is 38.1 Å². The molecule has 1 saturated heterocycles. The lowest BCUT2D eigenvalue weighted by Gasteiger charge is -2.54. The molecular weight excluding hydrogens is 779 g/mol. The molecule has 0 bridgehead atoms. The summed E-state index contributed by atoms with van der Waals surface area (Å²) in [6.07, 6.45) is 2.36. The number of fused-ring (bicyclic) bond motifs is 2. The number of anilines is 1. The molecule has 2 fully saturated rings. The number of nitrogens with one attached hydrogen (secondary N) is 1. The van der Waals surface area contributed by atoms with Gasteiger partial charge in [0.2, 0.25) is 0 Å². The number of carbonyl (C=O) groups is 2. The van der Waals surface area contributed by atoms with Gasteiger partial charge in [-0.1, -0.05) is 41.5 Å². The van der Waals surface area contributed by atoms with Crippen LogP contribution in [0.2, 0.25) is 0 Å². The van der Waals surface area contributed by atoms with E-state index in [1.165, 1.54) is 13.2 Å². The largest absolute Gasteiger partial charge is 0.495 e. The monoisotopic (exact) mass is 854 g/mol. The van der Waals surface area contributed by atoms with E-state index in [1.807, 2.05) is 40.7 Å². The molecule has 4 atom stereocenters. The summed E-state index contributed by atoms with van der Waals surface area (Å²) in [7, 11) is -3.22. The number of carbonyl (C=O) groups excluding carboxylic acids is 2. The lowest BCUT2D eigenvalue weighted by atomic mass is 9.55. The molecule has 3 aliphatic rings. The summed E-state index contributed by atoms with van der Waals surface area (Å²) in [5.74, 6) is -0.341. The fourth-order valence-corrected chi connectivity index (χ4v) is 12.1. The van der Waals surface area contributed by atoms with Gasteiger partial charge in [0, 0.05) is 29.7 Å². The van der Waals surface area contributed by atoms with E-state index in [-0.39, 0.29) is 39.8 Å². The van der Waals surface area contributed by atoms with Crippen LogP contribution in [-0.2, 0) is 29.7 Å². The minimum absolute atomic E-state index is 0.00953. The number of sulfonamides is 1. The molecule has 1 N–H and O–H groups in total. The first-order valence-corrected chi connectivity index (χ1v) is 23.5. The standard InChI is InChI=1S/C48H75N3O8S/c1-18-46(15,19-2)49-42(52)36-25-38(56-17)41(32(7)31(36)6)60(54,55)51-37-24-30(5)40(58-26-29(3)4)33(8)39(37)48(43(51)53)21-20-47(16,34(9)35(48)10)59-45(13,14)27-50-22-23-57-28-44(50,11)12/h24-25,29,34-35H,18-23,26-28H2,1-17H3,(H,49,52)/t34?,35?,47-,48+/m0/s1. The van der Waals surface area contributed by atoms with Crippen LogP contribution in [0.25, 0.3) is 0 Å². The summed E-state index contributed by atoms with van der Waals surface area (Å²) in [6, 6.07) is 3.31. The first-order valence-electron chi connectivity index (χ1n) is 22.1. The molecule has 0 radical (unpaired) electrons. The Morgan fingerprint density at radius 1 is 0.983 bits per heavy atom. The first-order chi connectivity index (χ1) is 27.7. The predicted octanol–water partition coefficient (Wildman–Crippen LogP) is 8.98. The maximum Gasteiger partial charge on any atom is 0.274 e. The van der Waals surface area contributed by atoms with Crippen molar-refractivity contribution in [2.75, 3.05) is 44.3 Å². The number of hydrogen-bond donors (Lipinski definition) is 1. The molecule has 2 unspecified atom stereocenters.